The van der Waals surface area contributed by atoms with Crippen LogP contribution >= 0.6 is 0 Å². The highest BCUT2D eigenvalue weighted by atomic mass is 14.1. The molecule has 5 aromatic carbocycles. The summed E-state index contributed by atoms with van der Waals surface area (Å²) in [5, 5.41) is 7.90. The standard InChI is InChI=1S/C24H16/c1-2-7-17(8-3-1)22-12-6-10-19-15-16-20-14-13-18-9-4-5-11-21(18)24(20)23(19)22/h1-16H. The molecule has 5 aromatic rings. The molecule has 0 bridgehead atoms. The van der Waals surface area contributed by atoms with Gasteiger partial charge in [0.05, 0.1) is 0 Å². The van der Waals surface area contributed by atoms with Crippen LogP contribution in [0.3, 0.4) is 0 Å². The molecule has 0 aliphatic carbocycles. The summed E-state index contributed by atoms with van der Waals surface area (Å²) < 4.78 is 0. The fraction of sp³-hybridized carbons (Fsp3) is 0. The molecule has 0 nitrogen and oxygen atoms in total. The molecule has 0 radical (unpaired) electrons. The van der Waals surface area contributed by atoms with Crippen LogP contribution in [0.2, 0.25) is 0 Å². The summed E-state index contributed by atoms with van der Waals surface area (Å²) in [6, 6.07) is 34.9. The first-order chi connectivity index (χ1) is 11.9. The monoisotopic (exact) mass is 304 g/mol. The molecule has 5 rings (SSSR count). The van der Waals surface area contributed by atoms with Crippen LogP contribution in [-0.2, 0) is 0 Å². The van der Waals surface area contributed by atoms with Gasteiger partial charge in [-0.3, -0.25) is 0 Å². The lowest BCUT2D eigenvalue weighted by Crippen LogP contribution is -1.85. The Balaban J connectivity index is 2.05. The largest absolute Gasteiger partial charge is 0.0622 e. The van der Waals surface area contributed by atoms with E-state index >= 15 is 0 Å². The average Bonchev–Trinajstić information content (AvgIpc) is 2.67. The second kappa shape index (κ2) is 5.21. The van der Waals surface area contributed by atoms with E-state index in [0.29, 0.717) is 0 Å². The predicted molar refractivity (Wildman–Crippen MR) is 104 cm³/mol. The molecule has 0 fully saturated rings. The summed E-state index contributed by atoms with van der Waals surface area (Å²) in [6.07, 6.45) is 0. The highest BCUT2D eigenvalue weighted by Crippen LogP contribution is 2.37. The van der Waals surface area contributed by atoms with Crippen molar-refractivity contribution in [3.05, 3.63) is 97.1 Å². The van der Waals surface area contributed by atoms with Crippen molar-refractivity contribution in [2.75, 3.05) is 0 Å². The van der Waals surface area contributed by atoms with E-state index in [-0.39, 0.29) is 0 Å². The lowest BCUT2D eigenvalue weighted by atomic mass is 9.91. The van der Waals surface area contributed by atoms with Crippen molar-refractivity contribution in [1.29, 1.82) is 0 Å². The molecule has 0 spiro atoms. The van der Waals surface area contributed by atoms with Crippen LogP contribution in [0.25, 0.3) is 43.4 Å². The minimum atomic E-state index is 1.27. The fourth-order valence-corrected chi connectivity index (χ4v) is 3.73. The van der Waals surface area contributed by atoms with Crippen LogP contribution in [0.5, 0.6) is 0 Å². The highest BCUT2D eigenvalue weighted by molar-refractivity contribution is 6.23. The van der Waals surface area contributed by atoms with Gasteiger partial charge in [0, 0.05) is 0 Å². The highest BCUT2D eigenvalue weighted by Gasteiger charge is 2.10. The molecule has 24 heavy (non-hydrogen) atoms. The lowest BCUT2D eigenvalue weighted by Gasteiger charge is -2.12. The smallest absolute Gasteiger partial charge is 0.00206 e. The normalized spacial score (nSPS) is 11.3. The first-order valence-electron chi connectivity index (χ1n) is 8.30. The Hall–Kier alpha value is -3.12. The van der Waals surface area contributed by atoms with Gasteiger partial charge in [0.1, 0.15) is 0 Å². The molecule has 0 aliphatic rings. The van der Waals surface area contributed by atoms with E-state index in [1.807, 2.05) is 0 Å². The molecular formula is C24H16. The van der Waals surface area contributed by atoms with Gasteiger partial charge in [-0.25, -0.2) is 0 Å². The SMILES string of the molecule is c1ccc(-c2cccc3ccc4ccc5ccccc5c4c23)cc1. The quantitative estimate of drug-likeness (QED) is 0.298. The Morgan fingerprint density at radius 3 is 1.83 bits per heavy atom. The molecule has 0 heteroatoms. The maximum absolute atomic E-state index is 2.24. The molecule has 0 aliphatic heterocycles. The number of hydrogen-bond donors (Lipinski definition) is 0. The minimum absolute atomic E-state index is 1.27. The van der Waals surface area contributed by atoms with E-state index in [1.54, 1.807) is 0 Å². The zero-order chi connectivity index (χ0) is 15.9. The van der Waals surface area contributed by atoms with Gasteiger partial charge in [-0.1, -0.05) is 97.1 Å². The molecule has 0 heterocycles. The molecule has 0 saturated heterocycles. The Labute approximate surface area is 141 Å². The molecule has 0 N–H and O–H groups in total. The first-order valence-corrected chi connectivity index (χ1v) is 8.30. The van der Waals surface area contributed by atoms with Gasteiger partial charge in [0.2, 0.25) is 0 Å². The Kier molecular flexibility index (Phi) is 2.89. The van der Waals surface area contributed by atoms with Crippen molar-refractivity contribution < 1.29 is 0 Å². The van der Waals surface area contributed by atoms with E-state index in [1.165, 1.54) is 43.4 Å². The van der Waals surface area contributed by atoms with Crippen molar-refractivity contribution >= 4 is 32.3 Å². The van der Waals surface area contributed by atoms with Gasteiger partial charge < -0.3 is 0 Å². The van der Waals surface area contributed by atoms with Crippen LogP contribution in [0.4, 0.5) is 0 Å². The van der Waals surface area contributed by atoms with E-state index in [2.05, 4.69) is 97.1 Å². The zero-order valence-electron chi connectivity index (χ0n) is 13.2. The first kappa shape index (κ1) is 13.3. The topological polar surface area (TPSA) is 0 Å². The van der Waals surface area contributed by atoms with Crippen molar-refractivity contribution in [2.45, 2.75) is 0 Å². The van der Waals surface area contributed by atoms with Crippen LogP contribution in [0.15, 0.2) is 97.1 Å². The molecule has 0 aromatic heterocycles. The molecule has 0 atom stereocenters. The number of rotatable bonds is 1. The molecule has 0 saturated carbocycles. The van der Waals surface area contributed by atoms with E-state index in [4.69, 9.17) is 0 Å². The predicted octanol–water partition coefficient (Wildman–Crippen LogP) is 6.81. The van der Waals surface area contributed by atoms with Gasteiger partial charge in [-0.05, 0) is 43.4 Å². The minimum Gasteiger partial charge on any atom is -0.0622 e. The maximum atomic E-state index is 2.24. The second-order valence-electron chi connectivity index (χ2n) is 6.22. The van der Waals surface area contributed by atoms with Crippen molar-refractivity contribution in [3.8, 4) is 11.1 Å². The maximum Gasteiger partial charge on any atom is -0.00206 e. The number of benzene rings is 5. The third-order valence-electron chi connectivity index (χ3n) is 4.84. The van der Waals surface area contributed by atoms with Crippen LogP contribution in [0.1, 0.15) is 0 Å². The average molecular weight is 304 g/mol. The van der Waals surface area contributed by atoms with Gasteiger partial charge in [-0.2, -0.15) is 0 Å². The van der Waals surface area contributed by atoms with E-state index < -0.39 is 0 Å². The van der Waals surface area contributed by atoms with E-state index in [9.17, 15) is 0 Å². The van der Waals surface area contributed by atoms with Gasteiger partial charge in [0.15, 0.2) is 0 Å². The zero-order valence-corrected chi connectivity index (χ0v) is 13.2. The summed E-state index contributed by atoms with van der Waals surface area (Å²) in [5.41, 5.74) is 2.57. The third kappa shape index (κ3) is 1.93. The summed E-state index contributed by atoms with van der Waals surface area (Å²) in [4.78, 5) is 0. The molecule has 112 valence electrons. The van der Waals surface area contributed by atoms with Crippen molar-refractivity contribution in [1.82, 2.24) is 0 Å². The molecular weight excluding hydrogens is 288 g/mol. The van der Waals surface area contributed by atoms with E-state index in [0.717, 1.165) is 0 Å². The Morgan fingerprint density at radius 1 is 0.375 bits per heavy atom. The molecule has 0 amide bonds. The summed E-state index contributed by atoms with van der Waals surface area (Å²) in [7, 11) is 0. The third-order valence-corrected chi connectivity index (χ3v) is 4.84. The van der Waals surface area contributed by atoms with Crippen molar-refractivity contribution in [2.24, 2.45) is 0 Å². The summed E-state index contributed by atoms with van der Waals surface area (Å²) >= 11 is 0. The second-order valence-corrected chi connectivity index (χ2v) is 6.22. The fourth-order valence-electron chi connectivity index (χ4n) is 3.73. The van der Waals surface area contributed by atoms with Crippen LogP contribution < -0.4 is 0 Å². The number of fused-ring (bicyclic) bond motifs is 5. The Bertz CT molecular complexity index is 1180. The summed E-state index contributed by atoms with van der Waals surface area (Å²) in [6.45, 7) is 0. The summed E-state index contributed by atoms with van der Waals surface area (Å²) in [5.74, 6) is 0. The molecule has 0 unspecified atom stereocenters. The van der Waals surface area contributed by atoms with Gasteiger partial charge in [0.25, 0.3) is 0 Å². The van der Waals surface area contributed by atoms with Gasteiger partial charge in [-0.15, -0.1) is 0 Å². The lowest BCUT2D eigenvalue weighted by molar-refractivity contribution is 1.66. The van der Waals surface area contributed by atoms with Gasteiger partial charge >= 0.3 is 0 Å². The van der Waals surface area contributed by atoms with Crippen molar-refractivity contribution in [3.63, 3.8) is 0 Å². The Morgan fingerprint density at radius 2 is 1.00 bits per heavy atom. The number of hydrogen-bond acceptors (Lipinski definition) is 0. The van der Waals surface area contributed by atoms with Crippen LogP contribution in [0, 0.1) is 0 Å². The van der Waals surface area contributed by atoms with Crippen LogP contribution in [-0.4, -0.2) is 0 Å².